The molecule has 0 saturated carbocycles. The number of amides is 1. The number of carbonyl (C=O) groups is 1. The van der Waals surface area contributed by atoms with E-state index in [0.29, 0.717) is 19.0 Å². The Hall–Kier alpha value is -0.650. The highest BCUT2D eigenvalue weighted by Gasteiger charge is 2.29. The standard InChI is InChI=1S/C14H29N3O2/c1-4-12-11-19-8-7-17(12)13(10-15)9-14(18)16(5-2)6-3/h12-13H,4-11,15H2,1-3H3. The van der Waals surface area contributed by atoms with Crippen molar-refractivity contribution in [1.82, 2.24) is 9.80 Å². The van der Waals surface area contributed by atoms with Gasteiger partial charge in [0.2, 0.25) is 5.91 Å². The largest absolute Gasteiger partial charge is 0.378 e. The third-order valence-corrected chi connectivity index (χ3v) is 4.01. The summed E-state index contributed by atoms with van der Waals surface area (Å²) in [5.41, 5.74) is 5.90. The van der Waals surface area contributed by atoms with Gasteiger partial charge in [0.05, 0.1) is 13.2 Å². The molecule has 0 spiro atoms. The van der Waals surface area contributed by atoms with Crippen molar-refractivity contribution in [2.45, 2.75) is 45.7 Å². The van der Waals surface area contributed by atoms with Gasteiger partial charge in [0.25, 0.3) is 0 Å². The predicted octanol–water partition coefficient (Wildman–Crippen LogP) is 0.683. The first-order valence-corrected chi connectivity index (χ1v) is 7.49. The van der Waals surface area contributed by atoms with E-state index in [0.717, 1.165) is 39.3 Å². The second kappa shape index (κ2) is 8.51. The average Bonchev–Trinajstić information content (AvgIpc) is 2.46. The van der Waals surface area contributed by atoms with Crippen LogP contribution in [0.2, 0.25) is 0 Å². The zero-order valence-electron chi connectivity index (χ0n) is 12.6. The molecule has 0 aromatic heterocycles. The van der Waals surface area contributed by atoms with Crippen molar-refractivity contribution in [2.75, 3.05) is 39.4 Å². The van der Waals surface area contributed by atoms with Crippen LogP contribution in [0.25, 0.3) is 0 Å². The number of hydrogen-bond acceptors (Lipinski definition) is 4. The minimum atomic E-state index is 0.141. The number of morpholine rings is 1. The lowest BCUT2D eigenvalue weighted by molar-refractivity contribution is -0.133. The number of rotatable bonds is 7. The van der Waals surface area contributed by atoms with Gasteiger partial charge in [-0.05, 0) is 20.3 Å². The summed E-state index contributed by atoms with van der Waals surface area (Å²) >= 11 is 0. The predicted molar refractivity (Wildman–Crippen MR) is 77.0 cm³/mol. The summed E-state index contributed by atoms with van der Waals surface area (Å²) in [4.78, 5) is 16.5. The topological polar surface area (TPSA) is 58.8 Å². The Morgan fingerprint density at radius 3 is 2.63 bits per heavy atom. The van der Waals surface area contributed by atoms with E-state index >= 15 is 0 Å². The van der Waals surface area contributed by atoms with E-state index in [1.807, 2.05) is 18.7 Å². The summed E-state index contributed by atoms with van der Waals surface area (Å²) < 4.78 is 5.51. The highest BCUT2D eigenvalue weighted by molar-refractivity contribution is 5.76. The van der Waals surface area contributed by atoms with Gasteiger partial charge in [-0.15, -0.1) is 0 Å². The van der Waals surface area contributed by atoms with Crippen LogP contribution in [0.5, 0.6) is 0 Å². The van der Waals surface area contributed by atoms with Gasteiger partial charge in [-0.1, -0.05) is 6.92 Å². The Kier molecular flexibility index (Phi) is 7.34. The summed E-state index contributed by atoms with van der Waals surface area (Å²) in [6, 6.07) is 0.536. The van der Waals surface area contributed by atoms with Crippen LogP contribution in [-0.4, -0.2) is 67.2 Å². The maximum Gasteiger partial charge on any atom is 0.224 e. The number of ether oxygens (including phenoxy) is 1. The molecule has 0 bridgehead atoms. The number of carbonyl (C=O) groups excluding carboxylic acids is 1. The lowest BCUT2D eigenvalue weighted by atomic mass is 10.1. The number of nitrogens with zero attached hydrogens (tertiary/aromatic N) is 2. The SMILES string of the molecule is CCC1COCCN1C(CN)CC(=O)N(CC)CC. The molecule has 5 heteroatoms. The first kappa shape index (κ1) is 16.4. The zero-order chi connectivity index (χ0) is 14.3. The van der Waals surface area contributed by atoms with Crippen LogP contribution in [0.1, 0.15) is 33.6 Å². The molecule has 2 atom stereocenters. The van der Waals surface area contributed by atoms with Crippen molar-refractivity contribution in [3.63, 3.8) is 0 Å². The molecule has 112 valence electrons. The van der Waals surface area contributed by atoms with E-state index in [4.69, 9.17) is 10.5 Å². The Morgan fingerprint density at radius 2 is 2.11 bits per heavy atom. The van der Waals surface area contributed by atoms with E-state index in [-0.39, 0.29) is 11.9 Å². The lowest BCUT2D eigenvalue weighted by Gasteiger charge is -2.40. The van der Waals surface area contributed by atoms with Crippen LogP contribution in [0.4, 0.5) is 0 Å². The molecule has 0 radical (unpaired) electrons. The maximum atomic E-state index is 12.2. The number of hydrogen-bond donors (Lipinski definition) is 1. The van der Waals surface area contributed by atoms with Crippen molar-refractivity contribution in [3.8, 4) is 0 Å². The minimum absolute atomic E-state index is 0.141. The fraction of sp³-hybridized carbons (Fsp3) is 0.929. The lowest BCUT2D eigenvalue weighted by Crippen LogP contribution is -2.54. The average molecular weight is 271 g/mol. The summed E-state index contributed by atoms with van der Waals surface area (Å²) in [6.45, 7) is 10.6. The van der Waals surface area contributed by atoms with Crippen LogP contribution in [0.15, 0.2) is 0 Å². The van der Waals surface area contributed by atoms with E-state index in [1.165, 1.54) is 0 Å². The van der Waals surface area contributed by atoms with Crippen molar-refractivity contribution < 1.29 is 9.53 Å². The fourth-order valence-corrected chi connectivity index (χ4v) is 2.74. The third-order valence-electron chi connectivity index (χ3n) is 4.01. The molecule has 1 fully saturated rings. The summed E-state index contributed by atoms with van der Waals surface area (Å²) in [6.07, 6.45) is 1.56. The Balaban J connectivity index is 2.63. The highest BCUT2D eigenvalue weighted by Crippen LogP contribution is 2.16. The van der Waals surface area contributed by atoms with Gasteiger partial charge in [0, 0.05) is 44.7 Å². The molecule has 0 aromatic carbocycles. The summed E-state index contributed by atoms with van der Waals surface area (Å²) in [5.74, 6) is 0.210. The van der Waals surface area contributed by atoms with Gasteiger partial charge in [-0.2, -0.15) is 0 Å². The van der Waals surface area contributed by atoms with E-state index in [2.05, 4.69) is 11.8 Å². The van der Waals surface area contributed by atoms with Gasteiger partial charge in [0.1, 0.15) is 0 Å². The second-order valence-electron chi connectivity index (χ2n) is 5.03. The van der Waals surface area contributed by atoms with E-state index in [1.54, 1.807) is 0 Å². The van der Waals surface area contributed by atoms with Gasteiger partial charge in [-0.3, -0.25) is 9.69 Å². The molecule has 5 nitrogen and oxygen atoms in total. The molecule has 19 heavy (non-hydrogen) atoms. The molecule has 2 N–H and O–H groups in total. The van der Waals surface area contributed by atoms with Crippen LogP contribution in [0.3, 0.4) is 0 Å². The Bertz CT molecular complexity index is 269. The van der Waals surface area contributed by atoms with Crippen molar-refractivity contribution in [2.24, 2.45) is 5.73 Å². The van der Waals surface area contributed by atoms with E-state index < -0.39 is 0 Å². The van der Waals surface area contributed by atoms with Crippen molar-refractivity contribution in [3.05, 3.63) is 0 Å². The molecule has 1 saturated heterocycles. The first-order valence-electron chi connectivity index (χ1n) is 7.49. The highest BCUT2D eigenvalue weighted by atomic mass is 16.5. The van der Waals surface area contributed by atoms with Crippen LogP contribution >= 0.6 is 0 Å². The van der Waals surface area contributed by atoms with Crippen LogP contribution in [-0.2, 0) is 9.53 Å². The quantitative estimate of drug-likeness (QED) is 0.740. The zero-order valence-corrected chi connectivity index (χ0v) is 12.6. The van der Waals surface area contributed by atoms with Gasteiger partial charge < -0.3 is 15.4 Å². The molecule has 1 aliphatic heterocycles. The molecular weight excluding hydrogens is 242 g/mol. The molecule has 0 aliphatic carbocycles. The first-order chi connectivity index (χ1) is 9.17. The molecule has 1 rings (SSSR count). The number of nitrogens with two attached hydrogens (primary N) is 1. The molecule has 1 aliphatic rings. The molecular formula is C14H29N3O2. The van der Waals surface area contributed by atoms with E-state index in [9.17, 15) is 4.79 Å². The fourth-order valence-electron chi connectivity index (χ4n) is 2.74. The third kappa shape index (κ3) is 4.44. The maximum absolute atomic E-state index is 12.2. The van der Waals surface area contributed by atoms with Crippen molar-refractivity contribution in [1.29, 1.82) is 0 Å². The van der Waals surface area contributed by atoms with Crippen LogP contribution < -0.4 is 5.73 Å². The summed E-state index contributed by atoms with van der Waals surface area (Å²) in [7, 11) is 0. The smallest absolute Gasteiger partial charge is 0.224 e. The van der Waals surface area contributed by atoms with Gasteiger partial charge >= 0.3 is 0 Å². The van der Waals surface area contributed by atoms with Gasteiger partial charge in [-0.25, -0.2) is 0 Å². The van der Waals surface area contributed by atoms with Crippen molar-refractivity contribution >= 4 is 5.91 Å². The normalized spacial score (nSPS) is 22.2. The monoisotopic (exact) mass is 271 g/mol. The Labute approximate surface area is 117 Å². The summed E-state index contributed by atoms with van der Waals surface area (Å²) in [5, 5.41) is 0. The Morgan fingerprint density at radius 1 is 1.42 bits per heavy atom. The minimum Gasteiger partial charge on any atom is -0.378 e. The van der Waals surface area contributed by atoms with Crippen LogP contribution in [0, 0.1) is 0 Å². The molecule has 0 aromatic rings. The molecule has 1 heterocycles. The second-order valence-corrected chi connectivity index (χ2v) is 5.03. The molecule has 1 amide bonds. The van der Waals surface area contributed by atoms with Gasteiger partial charge in [0.15, 0.2) is 0 Å². The molecule has 2 unspecified atom stereocenters.